The van der Waals surface area contributed by atoms with E-state index in [0.29, 0.717) is 23.0 Å². The SMILES string of the molecule is COc1cc(C(=O)N2[C@H]3CC[C@@H]2[C@H](N)C3)cc2nc(-c3cc4ccc([C@H](C)C5C6(F)CC5(C(N)=O)C6)nc4n3CC3CC3)c(C)n12. The normalized spacial score (nSPS) is 31.7. The average molecular weight is 626 g/mol. The van der Waals surface area contributed by atoms with Crippen molar-refractivity contribution in [2.24, 2.45) is 28.7 Å². The number of aryl methyl sites for hydroxylation is 1. The number of nitrogens with two attached hydrogens (primary N) is 2. The van der Waals surface area contributed by atoms with Crippen LogP contribution in [0.25, 0.3) is 28.1 Å². The second-order valence-corrected chi connectivity index (χ2v) is 14.8. The van der Waals surface area contributed by atoms with Gasteiger partial charge < -0.3 is 25.7 Å². The van der Waals surface area contributed by atoms with Crippen molar-refractivity contribution in [1.29, 1.82) is 0 Å². The first-order valence-electron chi connectivity index (χ1n) is 16.7. The van der Waals surface area contributed by atoms with Gasteiger partial charge in [0.1, 0.15) is 22.7 Å². The predicted octanol–water partition coefficient (Wildman–Crippen LogP) is 4.49. The molecule has 6 aliphatic rings. The molecule has 4 aliphatic carbocycles. The smallest absolute Gasteiger partial charge is 0.254 e. The largest absolute Gasteiger partial charge is 0.482 e. The Balaban J connectivity index is 1.13. The van der Waals surface area contributed by atoms with E-state index in [2.05, 4.69) is 10.6 Å². The van der Waals surface area contributed by atoms with E-state index in [1.54, 1.807) is 7.11 Å². The average Bonchev–Trinajstić information content (AvgIpc) is 3.33. The van der Waals surface area contributed by atoms with Gasteiger partial charge in [0.25, 0.3) is 5.91 Å². The van der Waals surface area contributed by atoms with E-state index in [-0.39, 0.29) is 42.8 Å². The highest BCUT2D eigenvalue weighted by molar-refractivity contribution is 5.97. The molecule has 2 aliphatic heterocycles. The molecule has 2 saturated heterocycles. The quantitative estimate of drug-likeness (QED) is 0.297. The zero-order valence-electron chi connectivity index (χ0n) is 26.5. The number of ether oxygens (including phenoxy) is 1. The molecule has 4 N–H and O–H groups in total. The molecule has 6 fully saturated rings. The third-order valence-corrected chi connectivity index (χ3v) is 12.2. The number of carbonyl (C=O) groups excluding carboxylic acids is 2. The molecule has 4 saturated carbocycles. The summed E-state index contributed by atoms with van der Waals surface area (Å²) in [7, 11) is 1.62. The van der Waals surface area contributed by atoms with E-state index in [0.717, 1.165) is 72.5 Å². The number of primary amides is 1. The Kier molecular flexibility index (Phi) is 5.71. The number of nitrogens with zero attached hydrogens (tertiary/aromatic N) is 5. The summed E-state index contributed by atoms with van der Waals surface area (Å²) in [5.41, 5.74) is 15.5. The maximum atomic E-state index is 15.4. The lowest BCUT2D eigenvalue weighted by Crippen LogP contribution is -2.78. The van der Waals surface area contributed by atoms with Crippen molar-refractivity contribution in [3.63, 3.8) is 0 Å². The molecule has 4 aromatic heterocycles. The molecule has 240 valence electrons. The second-order valence-electron chi connectivity index (χ2n) is 14.8. The number of imidazole rings is 1. The monoisotopic (exact) mass is 625 g/mol. The van der Waals surface area contributed by atoms with E-state index >= 15 is 4.39 Å². The van der Waals surface area contributed by atoms with Gasteiger partial charge in [-0.05, 0) is 82.1 Å². The van der Waals surface area contributed by atoms with E-state index in [1.807, 2.05) is 47.4 Å². The van der Waals surface area contributed by atoms with E-state index in [4.69, 9.17) is 26.2 Å². The van der Waals surface area contributed by atoms with Crippen molar-refractivity contribution < 1.29 is 18.7 Å². The summed E-state index contributed by atoms with van der Waals surface area (Å²) in [6.45, 7) is 4.79. The summed E-state index contributed by atoms with van der Waals surface area (Å²) in [5.74, 6) is 0.00870. The van der Waals surface area contributed by atoms with Crippen LogP contribution in [0.1, 0.15) is 79.5 Å². The van der Waals surface area contributed by atoms with Gasteiger partial charge in [0.15, 0.2) is 5.88 Å². The standard InChI is InChI=1S/C35H40FN7O3/c1-17(30-34(33(38)45)15-35(30,36)16-34)24-8-6-20-10-26(41(31(20)39-24)14-19-4-5-19)29-18(2)42-27(40-29)11-21(12-28(42)46-3)32(44)43-22-7-9-25(43)23(37)13-22/h6,8,10-12,17,19,22-23,25,30H,4-5,7,9,13-16,37H2,1-3H3,(H2,38,45)/t17-,22-,23+,25+,30?,34?,35?/m0/s1. The van der Waals surface area contributed by atoms with E-state index in [9.17, 15) is 9.59 Å². The fourth-order valence-electron chi connectivity index (χ4n) is 9.72. The Morgan fingerprint density at radius 2 is 1.91 bits per heavy atom. The first-order chi connectivity index (χ1) is 22.0. The number of halogens is 1. The lowest BCUT2D eigenvalue weighted by Gasteiger charge is -2.71. The van der Waals surface area contributed by atoms with Crippen LogP contribution in [0.5, 0.6) is 5.88 Å². The van der Waals surface area contributed by atoms with Gasteiger partial charge in [-0.1, -0.05) is 6.92 Å². The number of hydrogen-bond acceptors (Lipinski definition) is 6. The van der Waals surface area contributed by atoms with Crippen LogP contribution in [0, 0.1) is 24.2 Å². The highest BCUT2D eigenvalue weighted by Crippen LogP contribution is 2.76. The minimum absolute atomic E-state index is 0.0191. The zero-order valence-corrected chi connectivity index (χ0v) is 26.5. The summed E-state index contributed by atoms with van der Waals surface area (Å²) in [6.07, 6.45) is 5.58. The Labute approximate surface area is 266 Å². The summed E-state index contributed by atoms with van der Waals surface area (Å²) >= 11 is 0. The van der Waals surface area contributed by atoms with Crippen molar-refractivity contribution in [3.8, 4) is 17.3 Å². The van der Waals surface area contributed by atoms with Crippen LogP contribution >= 0.6 is 0 Å². The summed E-state index contributed by atoms with van der Waals surface area (Å²) in [5, 5.41) is 0.977. The predicted molar refractivity (Wildman–Crippen MR) is 170 cm³/mol. The Bertz CT molecular complexity index is 1970. The van der Waals surface area contributed by atoms with E-state index in [1.165, 1.54) is 0 Å². The highest BCUT2D eigenvalue weighted by atomic mass is 19.1. The molecule has 0 aromatic carbocycles. The van der Waals surface area contributed by atoms with Crippen molar-refractivity contribution in [2.75, 3.05) is 7.11 Å². The summed E-state index contributed by atoms with van der Waals surface area (Å²) in [4.78, 5) is 38.3. The lowest BCUT2D eigenvalue weighted by atomic mass is 9.33. The highest BCUT2D eigenvalue weighted by Gasteiger charge is 2.80. The Morgan fingerprint density at radius 1 is 1.13 bits per heavy atom. The number of alkyl halides is 1. The minimum Gasteiger partial charge on any atom is -0.482 e. The first kappa shape index (κ1) is 28.3. The number of rotatable bonds is 8. The van der Waals surface area contributed by atoms with Crippen LogP contribution in [0.2, 0.25) is 0 Å². The molecule has 11 heteroatoms. The number of pyridine rings is 2. The zero-order chi connectivity index (χ0) is 31.9. The van der Waals surface area contributed by atoms with Gasteiger partial charge in [0.05, 0.1) is 23.9 Å². The molecule has 4 aromatic rings. The maximum absolute atomic E-state index is 15.4. The number of methoxy groups -OCH3 is 1. The molecule has 6 heterocycles. The van der Waals surface area contributed by atoms with Gasteiger partial charge in [0, 0.05) is 59.2 Å². The molecular formula is C35H40FN7O3. The van der Waals surface area contributed by atoms with Crippen LogP contribution in [0.3, 0.4) is 0 Å². The van der Waals surface area contributed by atoms with Crippen LogP contribution in [-0.2, 0) is 11.3 Å². The van der Waals surface area contributed by atoms with Gasteiger partial charge in [-0.2, -0.15) is 0 Å². The second kappa shape index (κ2) is 9.30. The third-order valence-electron chi connectivity index (χ3n) is 12.2. The Hall–Kier alpha value is -3.99. The minimum atomic E-state index is -1.33. The van der Waals surface area contributed by atoms with Gasteiger partial charge in [0.2, 0.25) is 5.91 Å². The fourth-order valence-corrected chi connectivity index (χ4v) is 9.72. The molecule has 4 bridgehead atoms. The van der Waals surface area contributed by atoms with Crippen molar-refractivity contribution in [2.45, 2.75) is 95.1 Å². The lowest BCUT2D eigenvalue weighted by molar-refractivity contribution is -0.272. The van der Waals surface area contributed by atoms with Gasteiger partial charge >= 0.3 is 0 Å². The molecule has 10 rings (SSSR count). The van der Waals surface area contributed by atoms with Crippen molar-refractivity contribution in [1.82, 2.24) is 23.8 Å². The molecule has 2 amide bonds. The third kappa shape index (κ3) is 3.66. The summed E-state index contributed by atoms with van der Waals surface area (Å²) in [6, 6.07) is 10.1. The van der Waals surface area contributed by atoms with Crippen LogP contribution in [0.15, 0.2) is 30.3 Å². The number of fused-ring (bicyclic) bond motifs is 4. The van der Waals surface area contributed by atoms with Gasteiger partial charge in [-0.15, -0.1) is 0 Å². The number of hydrogen-bond donors (Lipinski definition) is 2. The molecule has 5 atom stereocenters. The number of aromatic nitrogens is 4. The van der Waals surface area contributed by atoms with Crippen molar-refractivity contribution >= 4 is 28.5 Å². The first-order valence-corrected chi connectivity index (χ1v) is 16.7. The number of carbonyl (C=O) groups is 2. The van der Waals surface area contributed by atoms with E-state index < -0.39 is 22.9 Å². The fraction of sp³-hybridized carbons (Fsp3) is 0.543. The molecular weight excluding hydrogens is 585 g/mol. The van der Waals surface area contributed by atoms with Crippen molar-refractivity contribution in [3.05, 3.63) is 47.3 Å². The topological polar surface area (TPSA) is 134 Å². The van der Waals surface area contributed by atoms with Crippen LogP contribution in [0.4, 0.5) is 4.39 Å². The molecule has 0 spiro atoms. The molecule has 1 unspecified atom stereocenters. The summed E-state index contributed by atoms with van der Waals surface area (Å²) < 4.78 is 25.5. The van der Waals surface area contributed by atoms with Crippen LogP contribution in [-0.4, -0.2) is 66.6 Å². The Morgan fingerprint density at radius 3 is 2.54 bits per heavy atom. The van der Waals surface area contributed by atoms with Gasteiger partial charge in [-0.3, -0.25) is 14.0 Å². The number of amides is 2. The van der Waals surface area contributed by atoms with Gasteiger partial charge in [-0.25, -0.2) is 14.4 Å². The molecule has 46 heavy (non-hydrogen) atoms. The molecule has 10 nitrogen and oxygen atoms in total. The van der Waals surface area contributed by atoms with Crippen LogP contribution < -0.4 is 16.2 Å². The molecule has 0 radical (unpaired) electrons. The maximum Gasteiger partial charge on any atom is 0.254 e.